The second kappa shape index (κ2) is 11.6. The lowest BCUT2D eigenvalue weighted by atomic mass is 10.00. The smallest absolute Gasteiger partial charge is 0.239 e. The van der Waals surface area contributed by atoms with Gasteiger partial charge in [-0.2, -0.15) is 0 Å². The highest BCUT2D eigenvalue weighted by molar-refractivity contribution is 5.85. The van der Waals surface area contributed by atoms with Gasteiger partial charge in [0.25, 0.3) is 0 Å². The van der Waals surface area contributed by atoms with Crippen LogP contribution in [0.1, 0.15) is 26.7 Å². The first kappa shape index (κ1) is 22.2. The lowest BCUT2D eigenvalue weighted by Gasteiger charge is -2.33. The highest BCUT2D eigenvalue weighted by Crippen LogP contribution is 2.15. The minimum atomic E-state index is -0.572. The number of nitrogens with two attached hydrogens (primary N) is 1. The van der Waals surface area contributed by atoms with Crippen LogP contribution in [0.15, 0.2) is 0 Å². The average molecular weight is 330 g/mol. The summed E-state index contributed by atoms with van der Waals surface area (Å²) in [5, 5.41) is 2.94. The molecule has 7 heteroatoms. The van der Waals surface area contributed by atoms with Crippen LogP contribution in [-0.4, -0.2) is 56.2 Å². The Morgan fingerprint density at radius 3 is 2.70 bits per heavy atom. The summed E-state index contributed by atoms with van der Waals surface area (Å²) >= 11 is 0. The average Bonchev–Trinajstić information content (AvgIpc) is 2.28. The molecular weight excluding hydrogens is 301 g/mol. The molecule has 1 saturated heterocycles. The first-order valence-electron chi connectivity index (χ1n) is 6.80. The van der Waals surface area contributed by atoms with Gasteiger partial charge in [0.15, 0.2) is 0 Å². The second-order valence-electron chi connectivity index (χ2n) is 5.48. The number of halogens is 2. The van der Waals surface area contributed by atoms with Crippen LogP contribution in [0.3, 0.4) is 0 Å². The molecule has 0 aromatic rings. The Hall–Kier alpha value is -0.0700. The van der Waals surface area contributed by atoms with Crippen LogP contribution < -0.4 is 11.1 Å². The van der Waals surface area contributed by atoms with E-state index in [0.717, 1.165) is 25.6 Å². The molecule has 0 spiro atoms. The van der Waals surface area contributed by atoms with Gasteiger partial charge in [-0.05, 0) is 32.2 Å². The van der Waals surface area contributed by atoms with E-state index in [2.05, 4.69) is 17.1 Å². The number of carbonyl (C=O) groups excluding carboxylic acids is 1. The summed E-state index contributed by atoms with van der Waals surface area (Å²) in [6.45, 7) is 7.73. The number of methoxy groups -OCH3 is 1. The molecule has 3 N–H and O–H groups in total. The van der Waals surface area contributed by atoms with Gasteiger partial charge in [-0.1, -0.05) is 6.92 Å². The van der Waals surface area contributed by atoms with E-state index in [0.29, 0.717) is 0 Å². The minimum absolute atomic E-state index is 0. The molecule has 1 aliphatic rings. The van der Waals surface area contributed by atoms with Crippen molar-refractivity contribution in [3.63, 3.8) is 0 Å². The molecule has 0 bridgehead atoms. The Morgan fingerprint density at radius 2 is 2.15 bits per heavy atom. The molecule has 0 aromatic heterocycles. The standard InChI is InChI=1S/C13H27N3O2.2ClH/c1-10-5-4-6-16(7-10)8-11(2)15-13(17)12(14)9-18-3;;/h10-12H,4-9,14H2,1-3H3,(H,15,17);2*1H. The lowest BCUT2D eigenvalue weighted by molar-refractivity contribution is -0.124. The summed E-state index contributed by atoms with van der Waals surface area (Å²) in [6.07, 6.45) is 2.57. The number of likely N-dealkylation sites (tertiary alicyclic amines) is 1. The number of nitrogens with one attached hydrogen (secondary N) is 1. The zero-order chi connectivity index (χ0) is 13.5. The Balaban J connectivity index is 0. The summed E-state index contributed by atoms with van der Waals surface area (Å²) in [7, 11) is 1.55. The van der Waals surface area contributed by atoms with E-state index in [4.69, 9.17) is 10.5 Å². The molecular formula is C13H29Cl2N3O2. The summed E-state index contributed by atoms with van der Waals surface area (Å²) in [6, 6.07) is -0.441. The first-order valence-corrected chi connectivity index (χ1v) is 6.80. The van der Waals surface area contributed by atoms with Crippen molar-refractivity contribution in [2.75, 3.05) is 33.4 Å². The van der Waals surface area contributed by atoms with Crippen molar-refractivity contribution in [1.29, 1.82) is 0 Å². The maximum absolute atomic E-state index is 11.7. The molecule has 1 aliphatic heterocycles. The van der Waals surface area contributed by atoms with Gasteiger partial charge < -0.3 is 20.7 Å². The number of ether oxygens (including phenoxy) is 1. The fraction of sp³-hybridized carbons (Fsp3) is 0.923. The van der Waals surface area contributed by atoms with Gasteiger partial charge in [0.2, 0.25) is 5.91 Å². The molecule has 0 aromatic carbocycles. The molecule has 1 rings (SSSR count). The van der Waals surface area contributed by atoms with Gasteiger partial charge in [-0.3, -0.25) is 4.79 Å². The molecule has 1 fully saturated rings. The maximum atomic E-state index is 11.7. The van der Waals surface area contributed by atoms with Crippen molar-refractivity contribution < 1.29 is 9.53 Å². The van der Waals surface area contributed by atoms with E-state index in [1.54, 1.807) is 7.11 Å². The minimum Gasteiger partial charge on any atom is -0.383 e. The quantitative estimate of drug-likeness (QED) is 0.764. The van der Waals surface area contributed by atoms with E-state index in [1.807, 2.05) is 6.92 Å². The van der Waals surface area contributed by atoms with Crippen molar-refractivity contribution in [2.45, 2.75) is 38.8 Å². The molecule has 5 nitrogen and oxygen atoms in total. The molecule has 1 amide bonds. The van der Waals surface area contributed by atoms with Crippen LogP contribution in [0.2, 0.25) is 0 Å². The number of rotatable bonds is 6. The van der Waals surface area contributed by atoms with E-state index in [9.17, 15) is 4.79 Å². The van der Waals surface area contributed by atoms with Crippen molar-refractivity contribution in [3.05, 3.63) is 0 Å². The van der Waals surface area contributed by atoms with Crippen molar-refractivity contribution in [1.82, 2.24) is 10.2 Å². The van der Waals surface area contributed by atoms with Crippen molar-refractivity contribution >= 4 is 30.7 Å². The molecule has 20 heavy (non-hydrogen) atoms. The normalized spacial score (nSPS) is 22.1. The Kier molecular flexibility index (Phi) is 12.9. The number of nitrogens with zero attached hydrogens (tertiary/aromatic N) is 1. The molecule has 0 aliphatic carbocycles. The topological polar surface area (TPSA) is 67.6 Å². The molecule has 0 saturated carbocycles. The predicted molar refractivity (Wildman–Crippen MR) is 86.8 cm³/mol. The fourth-order valence-corrected chi connectivity index (χ4v) is 2.49. The first-order chi connectivity index (χ1) is 8.52. The van der Waals surface area contributed by atoms with E-state index < -0.39 is 6.04 Å². The van der Waals surface area contributed by atoms with Gasteiger partial charge in [-0.25, -0.2) is 0 Å². The van der Waals surface area contributed by atoms with Crippen LogP contribution in [0.4, 0.5) is 0 Å². The van der Waals surface area contributed by atoms with E-state index in [1.165, 1.54) is 12.8 Å². The third-order valence-electron chi connectivity index (χ3n) is 3.34. The van der Waals surface area contributed by atoms with Gasteiger partial charge in [-0.15, -0.1) is 24.8 Å². The number of amides is 1. The number of piperidine rings is 1. The second-order valence-corrected chi connectivity index (χ2v) is 5.48. The van der Waals surface area contributed by atoms with Crippen molar-refractivity contribution in [3.8, 4) is 0 Å². The highest BCUT2D eigenvalue weighted by atomic mass is 35.5. The zero-order valence-electron chi connectivity index (χ0n) is 12.6. The zero-order valence-corrected chi connectivity index (χ0v) is 14.3. The summed E-state index contributed by atoms with van der Waals surface area (Å²) in [5.74, 6) is 0.631. The third kappa shape index (κ3) is 8.27. The third-order valence-corrected chi connectivity index (χ3v) is 3.34. The number of carbonyl (C=O) groups is 1. The molecule has 3 atom stereocenters. The van der Waals surface area contributed by atoms with E-state index in [-0.39, 0.29) is 43.4 Å². The Labute approximate surface area is 134 Å². The number of hydrogen-bond donors (Lipinski definition) is 2. The fourth-order valence-electron chi connectivity index (χ4n) is 2.49. The highest BCUT2D eigenvalue weighted by Gasteiger charge is 2.20. The predicted octanol–water partition coefficient (Wildman–Crippen LogP) is 1.04. The van der Waals surface area contributed by atoms with Gasteiger partial charge in [0.05, 0.1) is 6.61 Å². The van der Waals surface area contributed by atoms with Gasteiger partial charge in [0, 0.05) is 26.2 Å². The summed E-state index contributed by atoms with van der Waals surface area (Å²) in [5.41, 5.74) is 5.68. The van der Waals surface area contributed by atoms with Gasteiger partial charge in [0.1, 0.15) is 6.04 Å². The monoisotopic (exact) mass is 329 g/mol. The molecule has 122 valence electrons. The molecule has 0 radical (unpaired) electrons. The maximum Gasteiger partial charge on any atom is 0.239 e. The van der Waals surface area contributed by atoms with Crippen LogP contribution in [0.5, 0.6) is 0 Å². The Bertz CT molecular complexity index is 270. The largest absolute Gasteiger partial charge is 0.383 e. The molecule has 3 unspecified atom stereocenters. The Morgan fingerprint density at radius 1 is 1.50 bits per heavy atom. The van der Waals surface area contributed by atoms with Crippen LogP contribution >= 0.6 is 24.8 Å². The summed E-state index contributed by atoms with van der Waals surface area (Å²) in [4.78, 5) is 14.1. The number of hydrogen-bond acceptors (Lipinski definition) is 4. The molecule has 1 heterocycles. The van der Waals surface area contributed by atoms with E-state index >= 15 is 0 Å². The van der Waals surface area contributed by atoms with Crippen LogP contribution in [0.25, 0.3) is 0 Å². The van der Waals surface area contributed by atoms with Gasteiger partial charge >= 0.3 is 0 Å². The lowest BCUT2D eigenvalue weighted by Crippen LogP contribution is -2.50. The van der Waals surface area contributed by atoms with Crippen molar-refractivity contribution in [2.24, 2.45) is 11.7 Å². The van der Waals surface area contributed by atoms with Crippen LogP contribution in [-0.2, 0) is 9.53 Å². The SMILES string of the molecule is COCC(N)C(=O)NC(C)CN1CCCC(C)C1.Cl.Cl. The summed E-state index contributed by atoms with van der Waals surface area (Å²) < 4.78 is 4.87. The van der Waals surface area contributed by atoms with Crippen LogP contribution in [0, 0.1) is 5.92 Å².